The Kier molecular flexibility index (Phi) is 7.26. The number of benzene rings is 2. The molecular weight excluding hydrogens is 454 g/mol. The number of hydrogen-bond donors (Lipinski definition) is 2. The van der Waals surface area contributed by atoms with Gasteiger partial charge in [-0.1, -0.05) is 48.5 Å². The quantitative estimate of drug-likeness (QED) is 0.420. The standard InChI is InChI=1S/C29H33N3O4/c1-35-29(34)27-23-15-26(36-17-19-7-3-2-4-8-19)28-22(21-9-5-6-10-24(21)31-28)13-14-32(18-30)16-20(23)11-12-25(27)33/h2-10,20,23,25-27,31,33H,11-17H2,1H3/t20-,23-,25-,26-,27+/m0/s1. The number of ether oxygens (including phenoxy) is 2. The second-order valence-electron chi connectivity index (χ2n) is 10.00. The van der Waals surface area contributed by atoms with Crippen LogP contribution in [0.1, 0.15) is 42.2 Å². The third-order valence-electron chi connectivity index (χ3n) is 7.96. The molecule has 5 atom stereocenters. The van der Waals surface area contributed by atoms with E-state index in [9.17, 15) is 15.2 Å². The molecule has 7 nitrogen and oxygen atoms in total. The Balaban J connectivity index is 1.59. The minimum atomic E-state index is -0.769. The Labute approximate surface area is 211 Å². The van der Waals surface area contributed by atoms with E-state index in [2.05, 4.69) is 23.3 Å². The summed E-state index contributed by atoms with van der Waals surface area (Å²) in [6.07, 6.45) is 3.84. The van der Waals surface area contributed by atoms with E-state index in [4.69, 9.17) is 9.47 Å². The molecule has 0 bridgehead atoms. The van der Waals surface area contributed by atoms with Crippen LogP contribution in [0.5, 0.6) is 0 Å². The van der Waals surface area contributed by atoms with Gasteiger partial charge >= 0.3 is 5.97 Å². The first kappa shape index (κ1) is 24.4. The molecule has 1 aliphatic carbocycles. The predicted molar refractivity (Wildman–Crippen MR) is 136 cm³/mol. The number of nitrogens with one attached hydrogen (secondary N) is 1. The van der Waals surface area contributed by atoms with Crippen LogP contribution in [0.4, 0.5) is 0 Å². The van der Waals surface area contributed by atoms with Crippen molar-refractivity contribution in [1.29, 1.82) is 5.26 Å². The maximum absolute atomic E-state index is 12.9. The molecule has 5 rings (SSSR count). The van der Waals surface area contributed by atoms with Gasteiger partial charge in [-0.25, -0.2) is 0 Å². The maximum Gasteiger partial charge on any atom is 0.311 e. The van der Waals surface area contributed by atoms with Gasteiger partial charge in [-0.2, -0.15) is 5.26 Å². The molecular formula is C29H33N3O4. The average Bonchev–Trinajstić information content (AvgIpc) is 3.28. The molecule has 0 spiro atoms. The van der Waals surface area contributed by atoms with Crippen LogP contribution >= 0.6 is 0 Å². The highest BCUT2D eigenvalue weighted by atomic mass is 16.5. The van der Waals surface area contributed by atoms with E-state index >= 15 is 0 Å². The molecule has 1 saturated carbocycles. The molecule has 2 heterocycles. The van der Waals surface area contributed by atoms with Gasteiger partial charge in [0.2, 0.25) is 0 Å². The van der Waals surface area contributed by atoms with Gasteiger partial charge in [0.05, 0.1) is 31.8 Å². The summed E-state index contributed by atoms with van der Waals surface area (Å²) in [5.74, 6) is -1.15. The summed E-state index contributed by atoms with van der Waals surface area (Å²) in [6, 6.07) is 18.3. The molecule has 2 aromatic carbocycles. The summed E-state index contributed by atoms with van der Waals surface area (Å²) in [5, 5.41) is 21.9. The van der Waals surface area contributed by atoms with Crippen LogP contribution in [-0.2, 0) is 27.3 Å². The molecule has 2 N–H and O–H groups in total. The molecule has 0 unspecified atom stereocenters. The van der Waals surface area contributed by atoms with Crippen molar-refractivity contribution in [3.8, 4) is 6.19 Å². The van der Waals surface area contributed by atoms with E-state index in [0.717, 1.165) is 40.6 Å². The number of nitrogens with zero attached hydrogens (tertiary/aromatic N) is 2. The number of rotatable bonds is 4. The van der Waals surface area contributed by atoms with Gasteiger partial charge in [0, 0.05) is 29.7 Å². The number of aromatic nitrogens is 1. The first-order valence-electron chi connectivity index (χ1n) is 12.7. The fourth-order valence-corrected chi connectivity index (χ4v) is 6.16. The largest absolute Gasteiger partial charge is 0.469 e. The number of nitriles is 1. The Morgan fingerprint density at radius 2 is 1.94 bits per heavy atom. The van der Waals surface area contributed by atoms with Crippen molar-refractivity contribution in [1.82, 2.24) is 9.88 Å². The smallest absolute Gasteiger partial charge is 0.311 e. The molecule has 0 amide bonds. The molecule has 0 saturated heterocycles. The summed E-state index contributed by atoms with van der Waals surface area (Å²) in [5.41, 5.74) is 4.25. The molecule has 0 radical (unpaired) electrons. The van der Waals surface area contributed by atoms with Crippen LogP contribution in [0, 0.1) is 29.2 Å². The van der Waals surface area contributed by atoms with Gasteiger partial charge in [-0.15, -0.1) is 0 Å². The van der Waals surface area contributed by atoms with Gasteiger partial charge in [-0.05, 0) is 54.7 Å². The highest BCUT2D eigenvalue weighted by Gasteiger charge is 2.45. The molecule has 36 heavy (non-hydrogen) atoms. The summed E-state index contributed by atoms with van der Waals surface area (Å²) in [4.78, 5) is 18.3. The topological polar surface area (TPSA) is 98.6 Å². The van der Waals surface area contributed by atoms with Gasteiger partial charge in [-0.3, -0.25) is 4.79 Å². The van der Waals surface area contributed by atoms with Crippen LogP contribution in [0.15, 0.2) is 54.6 Å². The second-order valence-corrected chi connectivity index (χ2v) is 10.00. The van der Waals surface area contributed by atoms with Crippen molar-refractivity contribution >= 4 is 16.9 Å². The van der Waals surface area contributed by atoms with E-state index in [1.54, 1.807) is 4.90 Å². The number of H-pyrrole nitrogens is 1. The number of hydrogen-bond acceptors (Lipinski definition) is 6. The normalized spacial score (nSPS) is 26.5. The Morgan fingerprint density at radius 1 is 1.17 bits per heavy atom. The molecule has 1 aromatic heterocycles. The third-order valence-corrected chi connectivity index (χ3v) is 7.96. The lowest BCUT2D eigenvalue weighted by Crippen LogP contribution is -2.47. The zero-order chi connectivity index (χ0) is 25.1. The predicted octanol–water partition coefficient (Wildman–Crippen LogP) is 4.33. The summed E-state index contributed by atoms with van der Waals surface area (Å²) >= 11 is 0. The number of fused-ring (bicyclic) bond motifs is 4. The lowest BCUT2D eigenvalue weighted by Gasteiger charge is -2.42. The van der Waals surface area contributed by atoms with E-state index in [1.807, 2.05) is 42.5 Å². The molecule has 1 fully saturated rings. The van der Waals surface area contributed by atoms with Crippen LogP contribution in [0.2, 0.25) is 0 Å². The second kappa shape index (κ2) is 10.7. The average molecular weight is 488 g/mol. The van der Waals surface area contributed by atoms with Crippen molar-refractivity contribution in [2.24, 2.45) is 17.8 Å². The molecule has 1 aliphatic heterocycles. The number of esters is 1. The summed E-state index contributed by atoms with van der Waals surface area (Å²) in [7, 11) is 1.37. The monoisotopic (exact) mass is 487 g/mol. The molecule has 188 valence electrons. The number of aromatic amines is 1. The van der Waals surface area contributed by atoms with Crippen molar-refractivity contribution in [3.05, 3.63) is 71.4 Å². The zero-order valence-corrected chi connectivity index (χ0v) is 20.6. The van der Waals surface area contributed by atoms with Crippen LogP contribution < -0.4 is 0 Å². The number of para-hydroxylation sites is 1. The Bertz CT molecular complexity index is 1230. The first-order chi connectivity index (χ1) is 17.6. The van der Waals surface area contributed by atoms with Crippen LogP contribution in [-0.4, -0.2) is 47.3 Å². The lowest BCUT2D eigenvalue weighted by atomic mass is 9.67. The van der Waals surface area contributed by atoms with Gasteiger partial charge in [0.1, 0.15) is 0 Å². The highest BCUT2D eigenvalue weighted by Crippen LogP contribution is 2.44. The Morgan fingerprint density at radius 3 is 2.72 bits per heavy atom. The van der Waals surface area contributed by atoms with Gasteiger partial charge in [0.25, 0.3) is 0 Å². The minimum Gasteiger partial charge on any atom is -0.469 e. The number of carbonyl (C=O) groups excluding carboxylic acids is 1. The molecule has 3 aromatic rings. The first-order valence-corrected chi connectivity index (χ1v) is 12.7. The van der Waals surface area contributed by atoms with Crippen molar-refractivity contribution in [3.63, 3.8) is 0 Å². The van der Waals surface area contributed by atoms with Gasteiger partial charge < -0.3 is 24.5 Å². The molecule has 2 aliphatic rings. The van der Waals surface area contributed by atoms with E-state index < -0.39 is 18.0 Å². The zero-order valence-electron chi connectivity index (χ0n) is 20.6. The van der Waals surface area contributed by atoms with E-state index in [-0.39, 0.29) is 17.9 Å². The summed E-state index contributed by atoms with van der Waals surface area (Å²) < 4.78 is 11.8. The van der Waals surface area contributed by atoms with E-state index in [0.29, 0.717) is 32.5 Å². The van der Waals surface area contributed by atoms with Crippen molar-refractivity contribution in [2.45, 2.75) is 44.5 Å². The maximum atomic E-state index is 12.9. The number of carbonyl (C=O) groups is 1. The Hall–Kier alpha value is -3.34. The lowest BCUT2D eigenvalue weighted by molar-refractivity contribution is -0.158. The van der Waals surface area contributed by atoms with Crippen LogP contribution in [0.25, 0.3) is 10.9 Å². The SMILES string of the molecule is COC(=O)[C@@H]1[C@H]2C[C@H](OCc3ccccc3)c3[nH]c4ccccc4c3CCN(C#N)C[C@@H]2CC[C@@H]1O. The van der Waals surface area contributed by atoms with E-state index in [1.165, 1.54) is 7.11 Å². The minimum absolute atomic E-state index is 0.0749. The number of aliphatic hydroxyl groups excluding tert-OH is 1. The fraction of sp³-hybridized carbons (Fsp3) is 0.448. The van der Waals surface area contributed by atoms with Crippen molar-refractivity contribution < 1.29 is 19.4 Å². The number of aliphatic hydroxyl groups is 1. The fourth-order valence-electron chi connectivity index (χ4n) is 6.16. The highest BCUT2D eigenvalue weighted by molar-refractivity contribution is 5.85. The van der Waals surface area contributed by atoms with Crippen LogP contribution in [0.3, 0.4) is 0 Å². The van der Waals surface area contributed by atoms with Gasteiger partial charge in [0.15, 0.2) is 6.19 Å². The third kappa shape index (κ3) is 4.84. The molecule has 7 heteroatoms. The summed E-state index contributed by atoms with van der Waals surface area (Å²) in [6.45, 7) is 1.59. The van der Waals surface area contributed by atoms with Crippen molar-refractivity contribution in [2.75, 3.05) is 20.2 Å². The number of methoxy groups -OCH3 is 1.